The highest BCUT2D eigenvalue weighted by atomic mass is 16.2. The second-order valence-corrected chi connectivity index (χ2v) is 4.86. The Morgan fingerprint density at radius 2 is 1.67 bits per heavy atom. The third-order valence-electron chi connectivity index (χ3n) is 3.56. The van der Waals surface area contributed by atoms with Gasteiger partial charge >= 0.3 is 0 Å². The lowest BCUT2D eigenvalue weighted by Gasteiger charge is -2.09. The van der Waals surface area contributed by atoms with E-state index in [0.717, 1.165) is 4.68 Å². The van der Waals surface area contributed by atoms with Gasteiger partial charge in [0.2, 0.25) is 0 Å². The summed E-state index contributed by atoms with van der Waals surface area (Å²) in [6, 6.07) is 10.3. The molecule has 0 aliphatic rings. The molecule has 1 aromatic carbocycles. The second-order valence-electron chi connectivity index (χ2n) is 4.86. The van der Waals surface area contributed by atoms with Crippen LogP contribution in [0.4, 0.5) is 0 Å². The first kappa shape index (κ1) is 13.1. The molecular weight excluding hydrogens is 270 g/mol. The maximum absolute atomic E-state index is 12.5. The molecule has 2 aromatic heterocycles. The summed E-state index contributed by atoms with van der Waals surface area (Å²) in [5.41, 5.74) is -0.302. The van der Waals surface area contributed by atoms with Gasteiger partial charge in [0.25, 0.3) is 16.7 Å². The molecule has 0 bridgehead atoms. The van der Waals surface area contributed by atoms with Crippen LogP contribution in [0.1, 0.15) is 5.69 Å². The average molecular weight is 283 g/mol. The molecule has 6 nitrogen and oxygen atoms in total. The zero-order valence-corrected chi connectivity index (χ0v) is 11.6. The zero-order valence-electron chi connectivity index (χ0n) is 11.6. The number of H-pyrrole nitrogens is 1. The molecule has 0 spiro atoms. The summed E-state index contributed by atoms with van der Waals surface area (Å²) in [4.78, 5) is 36.9. The molecule has 0 amide bonds. The molecule has 106 valence electrons. The van der Waals surface area contributed by atoms with E-state index in [1.54, 1.807) is 44.3 Å². The first-order valence-electron chi connectivity index (χ1n) is 6.42. The van der Waals surface area contributed by atoms with Gasteiger partial charge in [-0.05, 0) is 25.1 Å². The van der Waals surface area contributed by atoms with Crippen LogP contribution in [0.2, 0.25) is 0 Å². The highest BCUT2D eigenvalue weighted by Crippen LogP contribution is 2.06. The van der Waals surface area contributed by atoms with Gasteiger partial charge in [0.15, 0.2) is 0 Å². The summed E-state index contributed by atoms with van der Waals surface area (Å²) in [5.74, 6) is 0. The number of aromatic amines is 1. The lowest BCUT2D eigenvalue weighted by Crippen LogP contribution is -2.34. The fraction of sp³-hybridized carbons (Fsp3) is 0.133. The predicted molar refractivity (Wildman–Crippen MR) is 80.1 cm³/mol. The van der Waals surface area contributed by atoms with Crippen molar-refractivity contribution < 1.29 is 0 Å². The average Bonchev–Trinajstić information content (AvgIpc) is 2.49. The Balaban J connectivity index is 2.52. The summed E-state index contributed by atoms with van der Waals surface area (Å²) < 4.78 is 2.51. The van der Waals surface area contributed by atoms with Crippen LogP contribution in [0.3, 0.4) is 0 Å². The third kappa shape index (κ3) is 1.92. The Labute approximate surface area is 118 Å². The second kappa shape index (κ2) is 4.59. The van der Waals surface area contributed by atoms with Gasteiger partial charge in [-0.15, -0.1) is 0 Å². The number of benzene rings is 1. The van der Waals surface area contributed by atoms with E-state index in [-0.39, 0.29) is 10.8 Å². The monoisotopic (exact) mass is 283 g/mol. The third-order valence-corrected chi connectivity index (χ3v) is 3.56. The summed E-state index contributed by atoms with van der Waals surface area (Å²) in [6.45, 7) is 1.72. The number of aromatic nitrogens is 3. The molecule has 0 atom stereocenters. The van der Waals surface area contributed by atoms with E-state index < -0.39 is 16.7 Å². The lowest BCUT2D eigenvalue weighted by atomic mass is 10.2. The maximum Gasteiger partial charge on any atom is 0.278 e. The molecule has 3 aromatic rings. The number of pyridine rings is 1. The van der Waals surface area contributed by atoms with Crippen molar-refractivity contribution in [2.45, 2.75) is 6.92 Å². The van der Waals surface area contributed by atoms with Gasteiger partial charge in [-0.2, -0.15) is 0 Å². The molecule has 0 saturated heterocycles. The fourth-order valence-corrected chi connectivity index (χ4v) is 2.30. The molecule has 2 heterocycles. The van der Waals surface area contributed by atoms with E-state index in [4.69, 9.17) is 0 Å². The van der Waals surface area contributed by atoms with Crippen molar-refractivity contribution in [2.24, 2.45) is 7.05 Å². The van der Waals surface area contributed by atoms with Crippen molar-refractivity contribution in [3.8, 4) is 5.69 Å². The van der Waals surface area contributed by atoms with Crippen molar-refractivity contribution in [2.75, 3.05) is 0 Å². The lowest BCUT2D eigenvalue weighted by molar-refractivity contribution is 0.786. The number of nitrogens with zero attached hydrogens (tertiary/aromatic N) is 2. The molecule has 0 radical (unpaired) electrons. The molecule has 21 heavy (non-hydrogen) atoms. The Kier molecular flexibility index (Phi) is 2.86. The minimum Gasteiger partial charge on any atom is -0.315 e. The SMILES string of the molecule is Cc1cc2c(=O)n(-c3ccccc3)[nH]c(=O)c2c(=O)n1C. The van der Waals surface area contributed by atoms with Gasteiger partial charge in [0.05, 0.1) is 11.1 Å². The molecule has 0 aliphatic heterocycles. The van der Waals surface area contributed by atoms with Crippen molar-refractivity contribution in [3.05, 3.63) is 73.2 Å². The molecule has 1 N–H and O–H groups in total. The smallest absolute Gasteiger partial charge is 0.278 e. The van der Waals surface area contributed by atoms with E-state index >= 15 is 0 Å². The van der Waals surface area contributed by atoms with E-state index in [1.807, 2.05) is 6.07 Å². The van der Waals surface area contributed by atoms with E-state index in [2.05, 4.69) is 5.10 Å². The van der Waals surface area contributed by atoms with Gasteiger partial charge < -0.3 is 4.57 Å². The van der Waals surface area contributed by atoms with Crippen LogP contribution in [0, 0.1) is 6.92 Å². The summed E-state index contributed by atoms with van der Waals surface area (Å²) in [5, 5.41) is 2.47. The Hall–Kier alpha value is -2.89. The number of fused-ring (bicyclic) bond motifs is 1. The van der Waals surface area contributed by atoms with Crippen molar-refractivity contribution >= 4 is 10.8 Å². The van der Waals surface area contributed by atoms with Gasteiger partial charge in [0.1, 0.15) is 5.39 Å². The Morgan fingerprint density at radius 3 is 2.33 bits per heavy atom. The largest absolute Gasteiger partial charge is 0.315 e. The van der Waals surface area contributed by atoms with Crippen molar-refractivity contribution in [1.82, 2.24) is 14.3 Å². The van der Waals surface area contributed by atoms with Crippen LogP contribution >= 0.6 is 0 Å². The molecule has 0 saturated carbocycles. The quantitative estimate of drug-likeness (QED) is 0.713. The number of hydrogen-bond acceptors (Lipinski definition) is 3. The van der Waals surface area contributed by atoms with Crippen LogP contribution in [0.15, 0.2) is 50.8 Å². The van der Waals surface area contributed by atoms with Crippen molar-refractivity contribution in [3.63, 3.8) is 0 Å². The number of rotatable bonds is 1. The molecule has 0 aliphatic carbocycles. The van der Waals surface area contributed by atoms with Gasteiger partial charge in [0, 0.05) is 12.7 Å². The summed E-state index contributed by atoms with van der Waals surface area (Å²) >= 11 is 0. The Bertz CT molecular complexity index is 1010. The standard InChI is InChI=1S/C15H13N3O3/c1-9-8-11-12(15(21)17(9)2)13(19)16-18(14(11)20)10-6-4-3-5-7-10/h3-8H,1-2H3,(H,16,19). The minimum absolute atomic E-state index is 0.111. The molecule has 3 rings (SSSR count). The minimum atomic E-state index is -0.575. The topological polar surface area (TPSA) is 76.9 Å². The molecule has 6 heteroatoms. The number of hydrogen-bond donors (Lipinski definition) is 1. The predicted octanol–water partition coefficient (Wildman–Crippen LogP) is 0.686. The molecule has 0 fully saturated rings. The summed E-state index contributed by atoms with van der Waals surface area (Å²) in [6.07, 6.45) is 0. The first-order chi connectivity index (χ1) is 10.0. The van der Waals surface area contributed by atoms with Crippen LogP contribution in [-0.2, 0) is 7.05 Å². The van der Waals surface area contributed by atoms with Gasteiger partial charge in [-0.25, -0.2) is 4.68 Å². The van der Waals surface area contributed by atoms with E-state index in [0.29, 0.717) is 11.4 Å². The highest BCUT2D eigenvalue weighted by Gasteiger charge is 2.13. The number of nitrogens with one attached hydrogen (secondary N) is 1. The van der Waals surface area contributed by atoms with Gasteiger partial charge in [-0.3, -0.25) is 19.5 Å². The van der Waals surface area contributed by atoms with Gasteiger partial charge in [-0.1, -0.05) is 18.2 Å². The van der Waals surface area contributed by atoms with E-state index in [1.165, 1.54) is 4.57 Å². The van der Waals surface area contributed by atoms with Crippen LogP contribution in [0.25, 0.3) is 16.5 Å². The van der Waals surface area contributed by atoms with E-state index in [9.17, 15) is 14.4 Å². The Morgan fingerprint density at radius 1 is 1.00 bits per heavy atom. The van der Waals surface area contributed by atoms with Crippen LogP contribution in [0.5, 0.6) is 0 Å². The normalized spacial score (nSPS) is 11.0. The highest BCUT2D eigenvalue weighted by molar-refractivity contribution is 5.80. The molecular formula is C15H13N3O3. The number of aryl methyl sites for hydroxylation is 1. The van der Waals surface area contributed by atoms with Crippen molar-refractivity contribution in [1.29, 1.82) is 0 Å². The number of para-hydroxylation sites is 1. The van der Waals surface area contributed by atoms with Crippen LogP contribution in [-0.4, -0.2) is 14.3 Å². The molecule has 0 unspecified atom stereocenters. The summed E-state index contributed by atoms with van der Waals surface area (Å²) in [7, 11) is 1.57. The fourth-order valence-electron chi connectivity index (χ4n) is 2.30. The zero-order chi connectivity index (χ0) is 15.1. The maximum atomic E-state index is 12.5. The first-order valence-corrected chi connectivity index (χ1v) is 6.42. The van der Waals surface area contributed by atoms with Crippen LogP contribution < -0.4 is 16.7 Å².